The molecule has 0 saturated carbocycles. The van der Waals surface area contributed by atoms with Crippen LogP contribution < -0.4 is 10.1 Å². The predicted octanol–water partition coefficient (Wildman–Crippen LogP) is 4.08. The third kappa shape index (κ3) is 3.85. The van der Waals surface area contributed by atoms with E-state index in [1.807, 2.05) is 31.2 Å². The number of amides is 1. The first kappa shape index (κ1) is 18.0. The van der Waals surface area contributed by atoms with E-state index in [1.165, 1.54) is 22.7 Å². The van der Waals surface area contributed by atoms with Gasteiger partial charge in [0.25, 0.3) is 5.91 Å². The predicted molar refractivity (Wildman–Crippen MR) is 105 cm³/mol. The lowest BCUT2D eigenvalue weighted by molar-refractivity contribution is 0.102. The van der Waals surface area contributed by atoms with E-state index in [-0.39, 0.29) is 12.0 Å². The third-order valence-electron chi connectivity index (χ3n) is 4.21. The molecular formula is C18H18N4O3S2. The molecule has 1 aromatic carbocycles. The highest BCUT2D eigenvalue weighted by Gasteiger charge is 2.23. The normalized spacial score (nSPS) is 16.4. The maximum absolute atomic E-state index is 12.7. The zero-order valence-electron chi connectivity index (χ0n) is 14.9. The van der Waals surface area contributed by atoms with Crippen LogP contribution in [0.15, 0.2) is 24.3 Å². The van der Waals surface area contributed by atoms with Gasteiger partial charge in [0.05, 0.1) is 12.8 Å². The molecule has 1 aliphatic rings. The van der Waals surface area contributed by atoms with Crippen molar-refractivity contribution in [2.75, 3.05) is 19.0 Å². The lowest BCUT2D eigenvalue weighted by atomic mass is 10.2. The van der Waals surface area contributed by atoms with E-state index in [0.29, 0.717) is 15.7 Å². The van der Waals surface area contributed by atoms with Crippen LogP contribution in [-0.2, 0) is 4.74 Å². The van der Waals surface area contributed by atoms with Crippen LogP contribution in [0, 0.1) is 6.92 Å². The summed E-state index contributed by atoms with van der Waals surface area (Å²) < 4.78 is 10.8. The van der Waals surface area contributed by atoms with Crippen LogP contribution in [-0.4, -0.2) is 34.8 Å². The lowest BCUT2D eigenvalue weighted by Crippen LogP contribution is -2.11. The van der Waals surface area contributed by atoms with Crippen LogP contribution >= 0.6 is 22.7 Å². The number of methoxy groups -OCH3 is 1. The molecule has 0 bridgehead atoms. The van der Waals surface area contributed by atoms with Gasteiger partial charge in [0.15, 0.2) is 0 Å². The van der Waals surface area contributed by atoms with E-state index in [1.54, 1.807) is 7.11 Å². The fourth-order valence-electron chi connectivity index (χ4n) is 2.81. The van der Waals surface area contributed by atoms with E-state index in [0.717, 1.165) is 40.8 Å². The Morgan fingerprint density at radius 3 is 2.78 bits per heavy atom. The summed E-state index contributed by atoms with van der Waals surface area (Å²) in [4.78, 5) is 17.8. The van der Waals surface area contributed by atoms with Gasteiger partial charge in [-0.2, -0.15) is 0 Å². The van der Waals surface area contributed by atoms with Crippen LogP contribution in [0.4, 0.5) is 5.13 Å². The van der Waals surface area contributed by atoms with Crippen molar-refractivity contribution in [2.24, 2.45) is 0 Å². The Kier molecular flexibility index (Phi) is 5.15. The highest BCUT2D eigenvalue weighted by molar-refractivity contribution is 7.17. The lowest BCUT2D eigenvalue weighted by Gasteiger charge is -2.02. The Morgan fingerprint density at radius 1 is 1.26 bits per heavy atom. The number of hydrogen-bond acceptors (Lipinski definition) is 8. The van der Waals surface area contributed by atoms with Gasteiger partial charge >= 0.3 is 0 Å². The van der Waals surface area contributed by atoms with E-state index in [2.05, 4.69) is 20.5 Å². The van der Waals surface area contributed by atoms with Gasteiger partial charge in [-0.25, -0.2) is 4.98 Å². The number of aromatic nitrogens is 3. The standard InChI is InChI=1S/C18H18N4O3S2/c1-10-14(26-16(19-10)11-5-7-12(24-2)8-6-11)15(23)20-18-22-21-17(27-18)13-4-3-9-25-13/h5-8,13H,3-4,9H2,1-2H3,(H,20,22,23)/t13-/m0/s1. The van der Waals surface area contributed by atoms with E-state index >= 15 is 0 Å². The van der Waals surface area contributed by atoms with Crippen molar-refractivity contribution >= 4 is 33.7 Å². The number of ether oxygens (including phenoxy) is 2. The fourth-order valence-corrected chi connectivity index (χ4v) is 4.60. The van der Waals surface area contributed by atoms with Crippen LogP contribution in [0.5, 0.6) is 5.75 Å². The van der Waals surface area contributed by atoms with Crippen molar-refractivity contribution < 1.29 is 14.3 Å². The molecule has 140 valence electrons. The molecule has 2 aromatic heterocycles. The van der Waals surface area contributed by atoms with Gasteiger partial charge in [0.2, 0.25) is 5.13 Å². The number of anilines is 1. The van der Waals surface area contributed by atoms with Crippen molar-refractivity contribution in [2.45, 2.75) is 25.9 Å². The van der Waals surface area contributed by atoms with Crippen LogP contribution in [0.1, 0.15) is 39.3 Å². The van der Waals surface area contributed by atoms with Crippen molar-refractivity contribution in [3.05, 3.63) is 39.8 Å². The molecule has 4 rings (SSSR count). The van der Waals surface area contributed by atoms with Crippen LogP contribution in [0.25, 0.3) is 10.6 Å². The molecule has 0 unspecified atom stereocenters. The van der Waals surface area contributed by atoms with Crippen LogP contribution in [0.2, 0.25) is 0 Å². The van der Waals surface area contributed by atoms with E-state index in [4.69, 9.17) is 9.47 Å². The second-order valence-electron chi connectivity index (χ2n) is 6.06. The average molecular weight is 403 g/mol. The van der Waals surface area contributed by atoms with Crippen molar-refractivity contribution in [3.63, 3.8) is 0 Å². The minimum absolute atomic E-state index is 0.0000303. The first-order valence-corrected chi connectivity index (χ1v) is 10.2. The molecule has 1 N–H and O–H groups in total. The topological polar surface area (TPSA) is 86.2 Å². The summed E-state index contributed by atoms with van der Waals surface area (Å²) in [6.45, 7) is 2.58. The minimum Gasteiger partial charge on any atom is -0.497 e. The smallest absolute Gasteiger partial charge is 0.269 e. The van der Waals surface area contributed by atoms with Gasteiger partial charge in [-0.3, -0.25) is 10.1 Å². The molecule has 1 aliphatic heterocycles. The Bertz CT molecular complexity index is 946. The third-order valence-corrected chi connectivity index (χ3v) is 6.34. The van der Waals surface area contributed by atoms with Crippen molar-refractivity contribution in [1.82, 2.24) is 15.2 Å². The van der Waals surface area contributed by atoms with Gasteiger partial charge < -0.3 is 9.47 Å². The Morgan fingerprint density at radius 2 is 2.07 bits per heavy atom. The summed E-state index contributed by atoms with van der Waals surface area (Å²) in [5.74, 6) is 0.558. The number of hydrogen-bond donors (Lipinski definition) is 1. The Hall–Kier alpha value is -2.36. The highest BCUT2D eigenvalue weighted by atomic mass is 32.1. The first-order chi connectivity index (χ1) is 13.1. The first-order valence-electron chi connectivity index (χ1n) is 8.52. The summed E-state index contributed by atoms with van der Waals surface area (Å²) in [7, 11) is 1.63. The molecule has 3 aromatic rings. The molecule has 0 spiro atoms. The molecular weight excluding hydrogens is 384 g/mol. The minimum atomic E-state index is -0.222. The zero-order valence-corrected chi connectivity index (χ0v) is 16.5. The van der Waals surface area contributed by atoms with Gasteiger partial charge in [-0.15, -0.1) is 21.5 Å². The second kappa shape index (κ2) is 7.71. The van der Waals surface area contributed by atoms with Gasteiger partial charge in [0.1, 0.15) is 26.7 Å². The summed E-state index contributed by atoms with van der Waals surface area (Å²) in [6.07, 6.45) is 1.97. The number of thiazole rings is 1. The molecule has 1 amide bonds. The maximum atomic E-state index is 12.7. The SMILES string of the molecule is COc1ccc(-c2nc(C)c(C(=O)Nc3nnc([C@@H]4CCCO4)s3)s2)cc1. The zero-order chi connectivity index (χ0) is 18.8. The summed E-state index contributed by atoms with van der Waals surface area (Å²) in [5.41, 5.74) is 1.63. The van der Waals surface area contributed by atoms with Crippen molar-refractivity contribution in [3.8, 4) is 16.3 Å². The van der Waals surface area contributed by atoms with Crippen molar-refractivity contribution in [1.29, 1.82) is 0 Å². The van der Waals surface area contributed by atoms with E-state index < -0.39 is 0 Å². The summed E-state index contributed by atoms with van der Waals surface area (Å²) in [5, 5.41) is 13.1. The number of nitrogens with one attached hydrogen (secondary N) is 1. The average Bonchev–Trinajstić information content (AvgIpc) is 3.42. The number of carbonyl (C=O) groups excluding carboxylic acids is 1. The molecule has 0 radical (unpaired) electrons. The number of aryl methyl sites for hydroxylation is 1. The second-order valence-corrected chi connectivity index (χ2v) is 8.07. The molecule has 9 heteroatoms. The van der Waals surface area contributed by atoms with Gasteiger partial charge in [0, 0.05) is 12.2 Å². The highest BCUT2D eigenvalue weighted by Crippen LogP contribution is 2.33. The number of carbonyl (C=O) groups is 1. The summed E-state index contributed by atoms with van der Waals surface area (Å²) in [6, 6.07) is 7.61. The van der Waals surface area contributed by atoms with Gasteiger partial charge in [-0.1, -0.05) is 11.3 Å². The molecule has 1 fully saturated rings. The largest absolute Gasteiger partial charge is 0.497 e. The maximum Gasteiger partial charge on any atom is 0.269 e. The van der Waals surface area contributed by atoms with E-state index in [9.17, 15) is 4.79 Å². The number of nitrogens with zero attached hydrogens (tertiary/aromatic N) is 3. The molecule has 3 heterocycles. The number of benzene rings is 1. The number of rotatable bonds is 5. The summed E-state index contributed by atoms with van der Waals surface area (Å²) >= 11 is 2.71. The molecule has 27 heavy (non-hydrogen) atoms. The Labute approximate surface area is 164 Å². The molecule has 1 atom stereocenters. The van der Waals surface area contributed by atoms with Crippen LogP contribution in [0.3, 0.4) is 0 Å². The van der Waals surface area contributed by atoms with Gasteiger partial charge in [-0.05, 0) is 44.0 Å². The monoisotopic (exact) mass is 402 g/mol. The quantitative estimate of drug-likeness (QED) is 0.692. The molecule has 7 nitrogen and oxygen atoms in total. The fraction of sp³-hybridized carbons (Fsp3) is 0.333. The Balaban J connectivity index is 1.49. The molecule has 0 aliphatic carbocycles. The molecule has 1 saturated heterocycles.